The smallest absolute Gasteiger partial charge is 0.279 e. The zero-order valence-electron chi connectivity index (χ0n) is 13.9. The summed E-state index contributed by atoms with van der Waals surface area (Å²) in [6.45, 7) is 3.45. The second kappa shape index (κ2) is 6.52. The van der Waals surface area contributed by atoms with Gasteiger partial charge < -0.3 is 5.32 Å². The Balaban J connectivity index is 1.91. The van der Waals surface area contributed by atoms with Crippen LogP contribution in [0.25, 0.3) is 5.69 Å². The Morgan fingerprint density at radius 1 is 1.24 bits per heavy atom. The van der Waals surface area contributed by atoms with Gasteiger partial charge in [-0.25, -0.2) is 9.36 Å². The lowest BCUT2D eigenvalue weighted by Gasteiger charge is -2.09. The first-order chi connectivity index (χ1) is 11.9. The van der Waals surface area contributed by atoms with Crippen LogP contribution in [0, 0.1) is 13.8 Å². The van der Waals surface area contributed by atoms with Crippen LogP contribution >= 0.6 is 11.6 Å². The molecule has 1 aromatic carbocycles. The Hall–Kier alpha value is -2.93. The van der Waals surface area contributed by atoms with E-state index in [1.807, 2.05) is 18.2 Å². The molecule has 8 heteroatoms. The lowest BCUT2D eigenvalue weighted by molar-refractivity contribution is 0.102. The molecule has 0 aliphatic heterocycles. The Labute approximate surface area is 148 Å². The molecule has 7 nitrogen and oxygen atoms in total. The van der Waals surface area contributed by atoms with Crippen LogP contribution in [0.1, 0.15) is 21.6 Å². The van der Waals surface area contributed by atoms with Gasteiger partial charge in [0.1, 0.15) is 5.56 Å². The Bertz CT molecular complexity index is 1020. The number of amides is 1. The molecule has 3 aromatic rings. The normalized spacial score (nSPS) is 10.7. The predicted octanol–water partition coefficient (Wildman–Crippen LogP) is 2.49. The molecule has 0 aliphatic rings. The van der Waals surface area contributed by atoms with E-state index >= 15 is 0 Å². The molecule has 0 aliphatic carbocycles. The number of aryl methyl sites for hydroxylation is 2. The fourth-order valence-electron chi connectivity index (χ4n) is 2.47. The van der Waals surface area contributed by atoms with Crippen molar-refractivity contribution in [3.05, 3.63) is 68.9 Å². The molecule has 2 aromatic heterocycles. The molecule has 25 heavy (non-hydrogen) atoms. The van der Waals surface area contributed by atoms with E-state index in [4.69, 9.17) is 11.6 Å². The second-order valence-corrected chi connectivity index (χ2v) is 6.00. The molecule has 0 atom stereocenters. The third kappa shape index (κ3) is 3.18. The quantitative estimate of drug-likeness (QED) is 0.780. The lowest BCUT2D eigenvalue weighted by atomic mass is 10.1. The van der Waals surface area contributed by atoms with E-state index in [1.54, 1.807) is 30.8 Å². The maximum Gasteiger partial charge on any atom is 0.279 e. The summed E-state index contributed by atoms with van der Waals surface area (Å²) in [5.41, 5.74) is 1.95. The van der Waals surface area contributed by atoms with Crippen LogP contribution < -0.4 is 10.9 Å². The highest BCUT2D eigenvalue weighted by Crippen LogP contribution is 2.20. The van der Waals surface area contributed by atoms with Gasteiger partial charge in [0.2, 0.25) is 0 Å². The van der Waals surface area contributed by atoms with Crippen LogP contribution in [-0.2, 0) is 7.05 Å². The molecule has 0 spiro atoms. The maximum absolute atomic E-state index is 12.6. The molecular formula is C17H16ClN5O2. The molecule has 0 saturated carbocycles. The number of aromatic nitrogens is 4. The van der Waals surface area contributed by atoms with E-state index < -0.39 is 11.5 Å². The number of hydrogen-bond donors (Lipinski definition) is 1. The van der Waals surface area contributed by atoms with Crippen molar-refractivity contribution in [3.63, 3.8) is 0 Å². The van der Waals surface area contributed by atoms with Gasteiger partial charge in [0.25, 0.3) is 11.5 Å². The summed E-state index contributed by atoms with van der Waals surface area (Å²) in [6.07, 6.45) is 3.13. The first-order valence-corrected chi connectivity index (χ1v) is 7.91. The van der Waals surface area contributed by atoms with Crippen LogP contribution in [0.15, 0.2) is 41.5 Å². The fourth-order valence-corrected chi connectivity index (χ4v) is 2.69. The Morgan fingerprint density at radius 3 is 2.68 bits per heavy atom. The van der Waals surface area contributed by atoms with Crippen LogP contribution in [0.2, 0.25) is 5.02 Å². The summed E-state index contributed by atoms with van der Waals surface area (Å²) in [6, 6.07) is 7.23. The number of carbonyl (C=O) groups is 1. The minimum atomic E-state index is -0.498. The van der Waals surface area contributed by atoms with Gasteiger partial charge in [0, 0.05) is 7.05 Å². The van der Waals surface area contributed by atoms with Gasteiger partial charge in [-0.1, -0.05) is 23.7 Å². The molecule has 0 unspecified atom stereocenters. The number of para-hydroxylation sites is 1. The van der Waals surface area contributed by atoms with Crippen molar-refractivity contribution < 1.29 is 4.79 Å². The van der Waals surface area contributed by atoms with Crippen molar-refractivity contribution in [2.75, 3.05) is 5.32 Å². The fraction of sp³-hybridized carbons (Fsp3) is 0.176. The highest BCUT2D eigenvalue weighted by Gasteiger charge is 2.18. The van der Waals surface area contributed by atoms with Crippen molar-refractivity contribution in [2.24, 2.45) is 7.05 Å². The van der Waals surface area contributed by atoms with Crippen molar-refractivity contribution in [1.82, 2.24) is 19.6 Å². The third-order valence-corrected chi connectivity index (χ3v) is 4.21. The summed E-state index contributed by atoms with van der Waals surface area (Å²) < 4.78 is 2.71. The number of rotatable bonds is 3. The van der Waals surface area contributed by atoms with Crippen molar-refractivity contribution in [1.29, 1.82) is 0 Å². The number of anilines is 1. The van der Waals surface area contributed by atoms with Crippen LogP contribution in [-0.4, -0.2) is 25.5 Å². The molecule has 3 rings (SSSR count). The number of benzene rings is 1. The summed E-state index contributed by atoms with van der Waals surface area (Å²) in [4.78, 5) is 24.8. The average Bonchev–Trinajstić information content (AvgIpc) is 3.02. The molecule has 1 N–H and O–H groups in total. The monoisotopic (exact) mass is 357 g/mol. The van der Waals surface area contributed by atoms with E-state index in [2.05, 4.69) is 15.5 Å². The molecule has 1 amide bonds. The van der Waals surface area contributed by atoms with Gasteiger partial charge in [-0.2, -0.15) is 10.2 Å². The third-order valence-electron chi connectivity index (χ3n) is 3.89. The zero-order chi connectivity index (χ0) is 18.1. The van der Waals surface area contributed by atoms with Gasteiger partial charge in [-0.15, -0.1) is 0 Å². The van der Waals surface area contributed by atoms with Crippen LogP contribution in [0.4, 0.5) is 5.69 Å². The van der Waals surface area contributed by atoms with E-state index in [0.717, 1.165) is 4.68 Å². The van der Waals surface area contributed by atoms with Gasteiger partial charge in [0.05, 0.1) is 34.5 Å². The van der Waals surface area contributed by atoms with Crippen LogP contribution in [0.3, 0.4) is 0 Å². The number of nitrogens with one attached hydrogen (secondary N) is 1. The van der Waals surface area contributed by atoms with Gasteiger partial charge >= 0.3 is 0 Å². The highest BCUT2D eigenvalue weighted by molar-refractivity contribution is 6.32. The van der Waals surface area contributed by atoms with Gasteiger partial charge in [-0.05, 0) is 31.5 Å². The molecular weight excluding hydrogens is 342 g/mol. The van der Waals surface area contributed by atoms with Crippen molar-refractivity contribution >= 4 is 23.2 Å². The van der Waals surface area contributed by atoms with E-state index in [0.29, 0.717) is 27.7 Å². The molecule has 128 valence electrons. The molecule has 0 bridgehead atoms. The molecule has 2 heterocycles. The number of nitrogens with zero attached hydrogens (tertiary/aromatic N) is 4. The second-order valence-electron chi connectivity index (χ2n) is 5.59. The molecule has 0 radical (unpaired) electrons. The van der Waals surface area contributed by atoms with Gasteiger partial charge in [0.15, 0.2) is 0 Å². The average molecular weight is 358 g/mol. The summed E-state index contributed by atoms with van der Waals surface area (Å²) in [5.74, 6) is -0.498. The first kappa shape index (κ1) is 16.9. The maximum atomic E-state index is 12.6. The Morgan fingerprint density at radius 2 is 1.96 bits per heavy atom. The lowest BCUT2D eigenvalue weighted by Crippen LogP contribution is -2.31. The van der Waals surface area contributed by atoms with Crippen molar-refractivity contribution in [3.8, 4) is 5.69 Å². The Kier molecular flexibility index (Phi) is 4.41. The topological polar surface area (TPSA) is 81.8 Å². The van der Waals surface area contributed by atoms with Crippen molar-refractivity contribution in [2.45, 2.75) is 13.8 Å². The summed E-state index contributed by atoms with van der Waals surface area (Å²) in [7, 11) is 1.51. The van der Waals surface area contributed by atoms with E-state index in [1.165, 1.54) is 13.2 Å². The predicted molar refractivity (Wildman–Crippen MR) is 95.5 cm³/mol. The standard InChI is InChI=1S/C17H16ClN5O2/c1-10-11(2)21-22(3)17(25)15(10)16(24)20-12-8-19-23(9-12)14-7-5-4-6-13(14)18/h4-9H,1-3H3,(H,20,24). The van der Waals surface area contributed by atoms with Gasteiger partial charge in [-0.3, -0.25) is 9.59 Å². The summed E-state index contributed by atoms with van der Waals surface area (Å²) in [5, 5.41) is 11.5. The first-order valence-electron chi connectivity index (χ1n) is 7.54. The largest absolute Gasteiger partial charge is 0.319 e. The number of hydrogen-bond acceptors (Lipinski definition) is 4. The zero-order valence-corrected chi connectivity index (χ0v) is 14.7. The molecule has 0 fully saturated rings. The minimum Gasteiger partial charge on any atom is -0.319 e. The van der Waals surface area contributed by atoms with E-state index in [-0.39, 0.29) is 5.56 Å². The van der Waals surface area contributed by atoms with Crippen LogP contribution in [0.5, 0.6) is 0 Å². The number of halogens is 1. The molecule has 0 saturated heterocycles. The number of carbonyl (C=O) groups excluding carboxylic acids is 1. The van der Waals surface area contributed by atoms with E-state index in [9.17, 15) is 9.59 Å². The SMILES string of the molecule is Cc1nn(C)c(=O)c(C(=O)Nc2cnn(-c3ccccc3Cl)c2)c1C. The minimum absolute atomic E-state index is 0.0699. The summed E-state index contributed by atoms with van der Waals surface area (Å²) >= 11 is 6.15. The highest BCUT2D eigenvalue weighted by atomic mass is 35.5.